The van der Waals surface area contributed by atoms with Gasteiger partial charge in [-0.1, -0.05) is 12.1 Å². The minimum Gasteiger partial charge on any atom is -0.422 e. The highest BCUT2D eigenvalue weighted by Gasteiger charge is 2.30. The van der Waals surface area contributed by atoms with E-state index in [1.165, 1.54) is 24.3 Å². The van der Waals surface area contributed by atoms with E-state index >= 15 is 0 Å². The first-order chi connectivity index (χ1) is 14.4. The molecule has 146 valence electrons. The average Bonchev–Trinajstić information content (AvgIpc) is 3.21. The third kappa shape index (κ3) is 2.62. The Balaban J connectivity index is 1.72. The number of rotatable bonds is 3. The number of nitro benzene ring substituents is 1. The van der Waals surface area contributed by atoms with Crippen LogP contribution in [0.15, 0.2) is 60.7 Å². The molecule has 8 heteroatoms. The first kappa shape index (κ1) is 17.6. The fraction of sp³-hybridized carbons (Fsp3) is 0. The molecule has 2 heterocycles. The number of fused-ring (bicyclic) bond motifs is 2. The van der Waals surface area contributed by atoms with Crippen LogP contribution in [0, 0.1) is 10.1 Å². The molecule has 5 rings (SSSR count). The van der Waals surface area contributed by atoms with E-state index in [0.717, 1.165) is 0 Å². The summed E-state index contributed by atoms with van der Waals surface area (Å²) in [4.78, 5) is 35.4. The van der Waals surface area contributed by atoms with Crippen molar-refractivity contribution in [2.75, 3.05) is 5.73 Å². The van der Waals surface area contributed by atoms with Crippen molar-refractivity contribution in [3.05, 3.63) is 92.3 Å². The van der Waals surface area contributed by atoms with E-state index in [1.807, 2.05) is 0 Å². The number of non-ortho nitro benzene ring substituents is 1. The molecule has 0 saturated heterocycles. The van der Waals surface area contributed by atoms with Crippen LogP contribution in [0.3, 0.4) is 0 Å². The van der Waals surface area contributed by atoms with Crippen LogP contribution < -0.4 is 25.6 Å². The zero-order chi connectivity index (χ0) is 21.0. The standard InChI is InChI=1S/C22H12N2O6/c23-13-5-1-11(2-6-13)19-15-9-18-16(10-17(15)29-21(19)25)20(22(26)30-18)12-3-7-14(8-4-12)24(27)28/h1-10H,23H2. The minimum atomic E-state index is -0.581. The zero-order valence-corrected chi connectivity index (χ0v) is 15.2. The van der Waals surface area contributed by atoms with E-state index in [4.69, 9.17) is 15.2 Å². The van der Waals surface area contributed by atoms with E-state index < -0.39 is 16.9 Å². The van der Waals surface area contributed by atoms with Crippen molar-refractivity contribution < 1.29 is 24.0 Å². The number of benzene rings is 3. The van der Waals surface area contributed by atoms with Gasteiger partial charge in [0.15, 0.2) is 0 Å². The summed E-state index contributed by atoms with van der Waals surface area (Å²) in [6, 6.07) is 15.6. The second kappa shape index (κ2) is 6.28. The van der Waals surface area contributed by atoms with Gasteiger partial charge in [-0.25, -0.2) is 9.59 Å². The molecular formula is C22H12N2O6. The summed E-state index contributed by atoms with van der Waals surface area (Å²) < 4.78 is 10.8. The third-order valence-corrected chi connectivity index (χ3v) is 5.00. The highest BCUT2D eigenvalue weighted by molar-refractivity contribution is 6.21. The van der Waals surface area contributed by atoms with E-state index in [1.54, 1.807) is 36.4 Å². The van der Waals surface area contributed by atoms with Gasteiger partial charge >= 0.3 is 11.9 Å². The van der Waals surface area contributed by atoms with Gasteiger partial charge in [-0.2, -0.15) is 0 Å². The van der Waals surface area contributed by atoms with Crippen molar-refractivity contribution in [1.82, 2.24) is 0 Å². The van der Waals surface area contributed by atoms with Crippen LogP contribution in [0.1, 0.15) is 11.1 Å². The number of hydrogen-bond acceptors (Lipinski definition) is 7. The molecule has 0 radical (unpaired) electrons. The molecule has 0 aliphatic carbocycles. The molecule has 0 amide bonds. The summed E-state index contributed by atoms with van der Waals surface area (Å²) in [5.74, 6) is -0.494. The molecule has 0 atom stereocenters. The van der Waals surface area contributed by atoms with Gasteiger partial charge in [0, 0.05) is 28.3 Å². The fourth-order valence-electron chi connectivity index (χ4n) is 3.59. The van der Waals surface area contributed by atoms with E-state index in [0.29, 0.717) is 44.3 Å². The molecule has 30 heavy (non-hydrogen) atoms. The lowest BCUT2D eigenvalue weighted by Crippen LogP contribution is -2.11. The number of hydrogen-bond donors (Lipinski definition) is 1. The molecular weight excluding hydrogens is 388 g/mol. The van der Waals surface area contributed by atoms with Crippen LogP contribution in [0.5, 0.6) is 11.5 Å². The normalized spacial score (nSPS) is 14.3. The summed E-state index contributed by atoms with van der Waals surface area (Å²) in [6.45, 7) is 0. The average molecular weight is 400 g/mol. The van der Waals surface area contributed by atoms with Crippen molar-refractivity contribution in [2.24, 2.45) is 0 Å². The second-order valence-corrected chi connectivity index (χ2v) is 6.80. The molecule has 8 nitrogen and oxygen atoms in total. The van der Waals surface area contributed by atoms with Crippen molar-refractivity contribution in [1.29, 1.82) is 0 Å². The van der Waals surface area contributed by atoms with Crippen LogP contribution in [-0.4, -0.2) is 16.9 Å². The predicted molar refractivity (Wildman–Crippen MR) is 106 cm³/mol. The SMILES string of the molecule is Nc1ccc(C2=c3cc4c(cc3OC2=O)=C(c2ccc([N+](=O)[O-])cc2)C(=O)O4)cc1. The van der Waals surface area contributed by atoms with Crippen LogP contribution in [0.25, 0.3) is 11.1 Å². The number of nitrogens with zero attached hydrogens (tertiary/aromatic N) is 1. The van der Waals surface area contributed by atoms with Crippen molar-refractivity contribution in [3.63, 3.8) is 0 Å². The smallest absolute Gasteiger partial charge is 0.344 e. The van der Waals surface area contributed by atoms with Crippen molar-refractivity contribution in [3.8, 4) is 11.5 Å². The molecule has 0 unspecified atom stereocenters. The number of carbonyl (C=O) groups is 2. The van der Waals surface area contributed by atoms with Gasteiger partial charge in [-0.05, 0) is 47.5 Å². The molecule has 0 saturated carbocycles. The summed E-state index contributed by atoms with van der Waals surface area (Å²) in [7, 11) is 0. The van der Waals surface area contributed by atoms with Gasteiger partial charge in [0.1, 0.15) is 11.5 Å². The Morgan fingerprint density at radius 3 is 1.60 bits per heavy atom. The van der Waals surface area contributed by atoms with Gasteiger partial charge < -0.3 is 15.2 Å². The Morgan fingerprint density at radius 2 is 1.17 bits per heavy atom. The lowest BCUT2D eigenvalue weighted by molar-refractivity contribution is -0.384. The highest BCUT2D eigenvalue weighted by atomic mass is 16.6. The molecule has 0 spiro atoms. The maximum atomic E-state index is 12.5. The Labute approximate surface area is 168 Å². The molecule has 0 fully saturated rings. The summed E-state index contributed by atoms with van der Waals surface area (Å²) >= 11 is 0. The van der Waals surface area contributed by atoms with Crippen LogP contribution in [-0.2, 0) is 9.59 Å². The minimum absolute atomic E-state index is 0.0865. The Kier molecular flexibility index (Phi) is 3.69. The van der Waals surface area contributed by atoms with Crippen LogP contribution >= 0.6 is 0 Å². The molecule has 2 aliphatic rings. The third-order valence-electron chi connectivity index (χ3n) is 5.00. The van der Waals surface area contributed by atoms with Crippen molar-refractivity contribution >= 4 is 34.5 Å². The van der Waals surface area contributed by atoms with Gasteiger partial charge in [-0.15, -0.1) is 0 Å². The summed E-state index contributed by atoms with van der Waals surface area (Å²) in [6.07, 6.45) is 0. The van der Waals surface area contributed by atoms with Gasteiger partial charge in [0.2, 0.25) is 0 Å². The number of nitro groups is 1. The molecule has 2 N–H and O–H groups in total. The van der Waals surface area contributed by atoms with E-state index in [2.05, 4.69) is 0 Å². The maximum Gasteiger partial charge on any atom is 0.344 e. The fourth-order valence-corrected chi connectivity index (χ4v) is 3.59. The monoisotopic (exact) mass is 400 g/mol. The number of nitrogens with two attached hydrogens (primary N) is 1. The number of esters is 2. The number of anilines is 1. The van der Waals surface area contributed by atoms with Gasteiger partial charge in [0.05, 0.1) is 16.1 Å². The van der Waals surface area contributed by atoms with E-state index in [9.17, 15) is 19.7 Å². The van der Waals surface area contributed by atoms with Crippen molar-refractivity contribution in [2.45, 2.75) is 0 Å². The van der Waals surface area contributed by atoms with Crippen LogP contribution in [0.2, 0.25) is 0 Å². The Hall–Kier alpha value is -4.46. The first-order valence-electron chi connectivity index (χ1n) is 8.90. The van der Waals surface area contributed by atoms with Crippen LogP contribution in [0.4, 0.5) is 11.4 Å². The maximum absolute atomic E-state index is 12.5. The van der Waals surface area contributed by atoms with E-state index in [-0.39, 0.29) is 11.3 Å². The molecule has 3 aromatic carbocycles. The number of ether oxygens (including phenoxy) is 2. The van der Waals surface area contributed by atoms with Gasteiger partial charge in [0.25, 0.3) is 5.69 Å². The largest absolute Gasteiger partial charge is 0.422 e. The predicted octanol–water partition coefficient (Wildman–Crippen LogP) is 1.41. The number of carbonyl (C=O) groups excluding carboxylic acids is 2. The quantitative estimate of drug-likeness (QED) is 0.232. The summed E-state index contributed by atoms with van der Waals surface area (Å²) in [5, 5.41) is 11.8. The molecule has 2 aliphatic heterocycles. The first-order valence-corrected chi connectivity index (χ1v) is 8.90. The van der Waals surface area contributed by atoms with Gasteiger partial charge in [-0.3, -0.25) is 10.1 Å². The Morgan fingerprint density at radius 1 is 0.733 bits per heavy atom. The molecule has 0 bridgehead atoms. The number of nitrogen functional groups attached to an aromatic ring is 1. The summed E-state index contributed by atoms with van der Waals surface area (Å²) in [5.41, 5.74) is 7.91. The molecule has 3 aromatic rings. The zero-order valence-electron chi connectivity index (χ0n) is 15.2. The highest BCUT2D eigenvalue weighted by Crippen LogP contribution is 2.28. The lowest BCUT2D eigenvalue weighted by Gasteiger charge is -2.00. The second-order valence-electron chi connectivity index (χ2n) is 6.80. The molecule has 0 aromatic heterocycles. The Bertz CT molecular complexity index is 1390. The lowest BCUT2D eigenvalue weighted by atomic mass is 10.0. The topological polar surface area (TPSA) is 122 Å².